The van der Waals surface area contributed by atoms with Gasteiger partial charge in [0.05, 0.1) is 5.60 Å². The van der Waals surface area contributed by atoms with Crippen LogP contribution in [0, 0.1) is 11.6 Å². The molecule has 1 fully saturated rings. The number of halogens is 2. The van der Waals surface area contributed by atoms with Gasteiger partial charge in [-0.05, 0) is 100 Å². The highest BCUT2D eigenvalue weighted by Crippen LogP contribution is 2.32. The number of hydrogen-bond acceptors (Lipinski definition) is 4. The molecule has 1 aromatic heterocycles. The quantitative estimate of drug-likeness (QED) is 0.377. The Hall–Kier alpha value is -2.81. The van der Waals surface area contributed by atoms with E-state index in [0.29, 0.717) is 19.5 Å². The number of nitrogens with zero attached hydrogens (tertiary/aromatic N) is 1. The van der Waals surface area contributed by atoms with E-state index in [-0.39, 0.29) is 30.0 Å². The highest BCUT2D eigenvalue weighted by molar-refractivity contribution is 5.91. The maximum Gasteiger partial charge on any atom is 0.223 e. The Morgan fingerprint density at radius 3 is 2.61 bits per heavy atom. The summed E-state index contributed by atoms with van der Waals surface area (Å²) in [6.07, 6.45) is 2.37. The smallest absolute Gasteiger partial charge is 0.223 e. The predicted molar refractivity (Wildman–Crippen MR) is 136 cm³/mol. The fourth-order valence-corrected chi connectivity index (χ4v) is 4.87. The second kappa shape index (κ2) is 11.1. The zero-order valence-corrected chi connectivity index (χ0v) is 21.1. The SMILES string of the molecule is CC(C)(C)OC(O)NCC1CCCCN1C(=O)CCc1c(-c2ccc(F)cc2)[nH]c2ccc(F)cc12. The second-order valence-electron chi connectivity index (χ2n) is 10.4. The van der Waals surface area contributed by atoms with Crippen LogP contribution >= 0.6 is 0 Å². The first-order valence-electron chi connectivity index (χ1n) is 12.6. The minimum absolute atomic E-state index is 0.0172. The molecule has 2 aromatic carbocycles. The van der Waals surface area contributed by atoms with Crippen molar-refractivity contribution < 1.29 is 23.4 Å². The van der Waals surface area contributed by atoms with Crippen LogP contribution in [0.25, 0.3) is 22.2 Å². The summed E-state index contributed by atoms with van der Waals surface area (Å²) in [5.41, 5.74) is 2.66. The van der Waals surface area contributed by atoms with E-state index in [4.69, 9.17) is 4.74 Å². The van der Waals surface area contributed by atoms with Crippen LogP contribution < -0.4 is 5.32 Å². The normalized spacial score (nSPS) is 17.5. The van der Waals surface area contributed by atoms with Gasteiger partial charge in [0.1, 0.15) is 11.6 Å². The van der Waals surface area contributed by atoms with Gasteiger partial charge < -0.3 is 19.7 Å². The van der Waals surface area contributed by atoms with Crippen molar-refractivity contribution in [2.24, 2.45) is 0 Å². The van der Waals surface area contributed by atoms with Crippen molar-refractivity contribution >= 4 is 16.8 Å². The maximum absolute atomic E-state index is 14.1. The van der Waals surface area contributed by atoms with Gasteiger partial charge in [-0.3, -0.25) is 10.1 Å². The molecule has 1 saturated heterocycles. The lowest BCUT2D eigenvalue weighted by atomic mass is 9.98. The van der Waals surface area contributed by atoms with E-state index in [2.05, 4.69) is 10.3 Å². The summed E-state index contributed by atoms with van der Waals surface area (Å²) in [6, 6.07) is 10.6. The molecule has 2 heterocycles. The first-order valence-corrected chi connectivity index (χ1v) is 12.6. The molecule has 2 unspecified atom stereocenters. The molecular weight excluding hydrogens is 464 g/mol. The number of rotatable bonds is 8. The Morgan fingerprint density at radius 1 is 1.17 bits per heavy atom. The number of aliphatic hydroxyl groups is 1. The topological polar surface area (TPSA) is 77.6 Å². The fourth-order valence-electron chi connectivity index (χ4n) is 4.87. The van der Waals surface area contributed by atoms with E-state index < -0.39 is 12.0 Å². The minimum atomic E-state index is -1.11. The molecule has 0 spiro atoms. The fraction of sp³-hybridized carbons (Fsp3) is 0.464. The number of benzene rings is 2. The number of aryl methyl sites for hydroxylation is 1. The zero-order valence-electron chi connectivity index (χ0n) is 21.1. The van der Waals surface area contributed by atoms with Gasteiger partial charge in [0.2, 0.25) is 12.3 Å². The number of ether oxygens (including phenoxy) is 1. The molecule has 0 bridgehead atoms. The van der Waals surface area contributed by atoms with E-state index in [1.807, 2.05) is 25.7 Å². The van der Waals surface area contributed by atoms with Gasteiger partial charge in [0.15, 0.2) is 0 Å². The van der Waals surface area contributed by atoms with Crippen molar-refractivity contribution in [2.75, 3.05) is 13.1 Å². The van der Waals surface area contributed by atoms with Crippen molar-refractivity contribution in [3.05, 3.63) is 59.7 Å². The van der Waals surface area contributed by atoms with Gasteiger partial charge in [-0.15, -0.1) is 0 Å². The van der Waals surface area contributed by atoms with Crippen LogP contribution in [-0.2, 0) is 16.0 Å². The minimum Gasteiger partial charge on any atom is -0.356 e. The van der Waals surface area contributed by atoms with Crippen molar-refractivity contribution in [3.63, 3.8) is 0 Å². The van der Waals surface area contributed by atoms with E-state index in [9.17, 15) is 18.7 Å². The average molecular weight is 500 g/mol. The van der Waals surface area contributed by atoms with E-state index in [1.165, 1.54) is 24.3 Å². The van der Waals surface area contributed by atoms with E-state index in [1.54, 1.807) is 18.2 Å². The van der Waals surface area contributed by atoms with E-state index >= 15 is 0 Å². The molecule has 0 radical (unpaired) electrons. The number of hydrogen-bond donors (Lipinski definition) is 3. The van der Waals surface area contributed by atoms with Crippen molar-refractivity contribution in [1.82, 2.24) is 15.2 Å². The Labute approximate surface area is 210 Å². The van der Waals surface area contributed by atoms with Crippen LogP contribution in [0.15, 0.2) is 42.5 Å². The number of piperidine rings is 1. The highest BCUT2D eigenvalue weighted by Gasteiger charge is 2.28. The van der Waals surface area contributed by atoms with Crippen LogP contribution in [0.1, 0.15) is 52.0 Å². The largest absolute Gasteiger partial charge is 0.356 e. The third kappa shape index (κ3) is 6.49. The number of aliphatic hydroxyl groups excluding tert-OH is 1. The predicted octanol–water partition coefficient (Wildman–Crippen LogP) is 5.11. The number of amides is 1. The molecule has 8 heteroatoms. The molecule has 194 valence electrons. The highest BCUT2D eigenvalue weighted by atomic mass is 19.1. The summed E-state index contributed by atoms with van der Waals surface area (Å²) in [5, 5.41) is 13.9. The summed E-state index contributed by atoms with van der Waals surface area (Å²) < 4.78 is 33.1. The van der Waals surface area contributed by atoms with Gasteiger partial charge in [-0.2, -0.15) is 0 Å². The monoisotopic (exact) mass is 499 g/mol. The number of carbonyl (C=O) groups is 1. The molecule has 3 aromatic rings. The first kappa shape index (κ1) is 26.3. The molecule has 0 saturated carbocycles. The molecule has 3 N–H and O–H groups in total. The van der Waals surface area contributed by atoms with Gasteiger partial charge in [0.25, 0.3) is 0 Å². The molecule has 4 rings (SSSR count). The van der Waals surface area contributed by atoms with Gasteiger partial charge in [-0.25, -0.2) is 8.78 Å². The standard InChI is InChI=1S/C28H35F2N3O3/c1-28(2,3)36-27(35)31-17-21-6-4-5-15-33(21)25(34)14-12-22-23-16-20(30)11-13-24(23)32-26(22)18-7-9-19(29)10-8-18/h7-11,13,16,21,27,31-32,35H,4-6,12,14-15,17H2,1-3H3. The van der Waals surface area contributed by atoms with E-state index in [0.717, 1.165) is 47.0 Å². The Kier molecular flexibility index (Phi) is 8.07. The number of H-pyrrole nitrogens is 1. The Bertz CT molecular complexity index is 1190. The molecule has 2 atom stereocenters. The first-order chi connectivity index (χ1) is 17.1. The summed E-state index contributed by atoms with van der Waals surface area (Å²) in [4.78, 5) is 18.6. The summed E-state index contributed by atoms with van der Waals surface area (Å²) in [7, 11) is 0. The zero-order chi connectivity index (χ0) is 25.9. The lowest BCUT2D eigenvalue weighted by molar-refractivity contribution is -0.183. The molecule has 36 heavy (non-hydrogen) atoms. The van der Waals surface area contributed by atoms with Crippen LogP contribution in [-0.4, -0.2) is 52.0 Å². The third-order valence-electron chi connectivity index (χ3n) is 6.53. The number of carbonyl (C=O) groups excluding carboxylic acids is 1. The number of nitrogens with one attached hydrogen (secondary N) is 2. The molecule has 1 aliphatic heterocycles. The van der Waals surface area contributed by atoms with Crippen molar-refractivity contribution in [2.45, 2.75) is 70.9 Å². The van der Waals surface area contributed by atoms with Crippen LogP contribution in [0.2, 0.25) is 0 Å². The third-order valence-corrected chi connectivity index (χ3v) is 6.53. The number of likely N-dealkylation sites (tertiary alicyclic amines) is 1. The van der Waals surface area contributed by atoms with Gasteiger partial charge >= 0.3 is 0 Å². The van der Waals surface area contributed by atoms with Crippen molar-refractivity contribution in [3.8, 4) is 11.3 Å². The molecular formula is C28H35F2N3O3. The summed E-state index contributed by atoms with van der Waals surface area (Å²) in [6.45, 7) is 6.69. The van der Waals surface area contributed by atoms with Crippen LogP contribution in [0.5, 0.6) is 0 Å². The molecule has 6 nitrogen and oxygen atoms in total. The lowest BCUT2D eigenvalue weighted by Crippen LogP contribution is -2.51. The molecule has 1 amide bonds. The van der Waals surface area contributed by atoms with Crippen LogP contribution in [0.3, 0.4) is 0 Å². The number of fused-ring (bicyclic) bond motifs is 1. The number of aromatic nitrogens is 1. The lowest BCUT2D eigenvalue weighted by Gasteiger charge is -2.37. The Morgan fingerprint density at radius 2 is 1.89 bits per heavy atom. The molecule has 0 aliphatic carbocycles. The van der Waals surface area contributed by atoms with Crippen molar-refractivity contribution in [1.29, 1.82) is 0 Å². The summed E-state index contributed by atoms with van der Waals surface area (Å²) in [5.74, 6) is -0.665. The van der Waals surface area contributed by atoms with Gasteiger partial charge in [0, 0.05) is 42.1 Å². The number of aromatic amines is 1. The van der Waals surface area contributed by atoms with Crippen LogP contribution in [0.4, 0.5) is 8.78 Å². The molecule has 1 aliphatic rings. The second-order valence-corrected chi connectivity index (χ2v) is 10.4. The maximum atomic E-state index is 14.1. The average Bonchev–Trinajstić information content (AvgIpc) is 3.18. The summed E-state index contributed by atoms with van der Waals surface area (Å²) >= 11 is 0. The van der Waals surface area contributed by atoms with Gasteiger partial charge in [-0.1, -0.05) is 0 Å². The Balaban J connectivity index is 1.49.